The minimum absolute atomic E-state index is 0.223. The smallest absolute Gasteiger partial charge is 0.228 e. The van der Waals surface area contributed by atoms with Crippen LogP contribution < -0.4 is 5.32 Å². The molecular formula is C14H24N2O. The number of amides is 1. The van der Waals surface area contributed by atoms with Gasteiger partial charge in [0.2, 0.25) is 5.91 Å². The van der Waals surface area contributed by atoms with Crippen LogP contribution in [0.1, 0.15) is 33.6 Å². The van der Waals surface area contributed by atoms with E-state index in [1.165, 1.54) is 19.4 Å². The third-order valence-electron chi connectivity index (χ3n) is 4.98. The van der Waals surface area contributed by atoms with Crippen molar-refractivity contribution in [1.82, 2.24) is 10.2 Å². The van der Waals surface area contributed by atoms with E-state index < -0.39 is 0 Å². The van der Waals surface area contributed by atoms with Crippen LogP contribution in [0.15, 0.2) is 0 Å². The maximum absolute atomic E-state index is 12.5. The predicted molar refractivity (Wildman–Crippen MR) is 67.5 cm³/mol. The molecule has 0 aromatic carbocycles. The molecule has 3 heterocycles. The molecule has 3 aliphatic heterocycles. The Morgan fingerprint density at radius 2 is 1.88 bits per heavy atom. The Balaban J connectivity index is 1.83. The number of nitrogens with zero attached hydrogens (tertiary/aromatic N) is 1. The van der Waals surface area contributed by atoms with Gasteiger partial charge in [0.05, 0.1) is 0 Å². The molecule has 0 spiro atoms. The van der Waals surface area contributed by atoms with Crippen molar-refractivity contribution in [3.05, 3.63) is 0 Å². The van der Waals surface area contributed by atoms with Crippen LogP contribution in [0.25, 0.3) is 0 Å². The van der Waals surface area contributed by atoms with Crippen LogP contribution in [0.4, 0.5) is 0 Å². The molecule has 1 aliphatic carbocycles. The Labute approximate surface area is 104 Å². The average molecular weight is 236 g/mol. The molecule has 96 valence electrons. The lowest BCUT2D eigenvalue weighted by atomic mass is 9.66. The van der Waals surface area contributed by atoms with Crippen LogP contribution in [0.2, 0.25) is 0 Å². The van der Waals surface area contributed by atoms with Crippen LogP contribution in [-0.4, -0.2) is 36.5 Å². The van der Waals surface area contributed by atoms with Gasteiger partial charge in [-0.1, -0.05) is 20.8 Å². The first-order valence-corrected chi connectivity index (χ1v) is 7.00. The standard InChI is InChI=1S/C14H24N2O/c1-14(2,3)13(17)16-8-9-4-5-12(16)11-7-15-6-10(9)11/h9-12,15H,4-8H2,1-3H3/t9-,10-,11-,12+/m1/s1. The van der Waals surface area contributed by atoms with E-state index in [9.17, 15) is 4.79 Å². The normalized spacial score (nSPS) is 40.5. The number of carbonyl (C=O) groups is 1. The Kier molecular flexibility index (Phi) is 2.51. The van der Waals surface area contributed by atoms with E-state index >= 15 is 0 Å². The molecular weight excluding hydrogens is 212 g/mol. The molecule has 3 heteroatoms. The molecule has 4 rings (SSSR count). The summed E-state index contributed by atoms with van der Waals surface area (Å²) in [6, 6.07) is 0.520. The zero-order valence-electron chi connectivity index (χ0n) is 11.2. The van der Waals surface area contributed by atoms with E-state index in [4.69, 9.17) is 0 Å². The van der Waals surface area contributed by atoms with Gasteiger partial charge >= 0.3 is 0 Å². The molecule has 0 radical (unpaired) electrons. The summed E-state index contributed by atoms with van der Waals surface area (Å²) >= 11 is 0. The van der Waals surface area contributed by atoms with Crippen molar-refractivity contribution in [2.24, 2.45) is 23.2 Å². The first kappa shape index (κ1) is 11.5. The highest BCUT2D eigenvalue weighted by Crippen LogP contribution is 2.45. The second-order valence-electron chi connectivity index (χ2n) is 7.10. The monoisotopic (exact) mass is 236 g/mol. The summed E-state index contributed by atoms with van der Waals surface area (Å²) in [6.45, 7) is 9.46. The van der Waals surface area contributed by atoms with Crippen molar-refractivity contribution in [3.8, 4) is 0 Å². The summed E-state index contributed by atoms with van der Waals surface area (Å²) in [4.78, 5) is 14.7. The summed E-state index contributed by atoms with van der Waals surface area (Å²) in [7, 11) is 0. The maximum Gasteiger partial charge on any atom is 0.228 e. The highest BCUT2D eigenvalue weighted by atomic mass is 16.2. The Bertz CT molecular complexity index is 334. The van der Waals surface area contributed by atoms with E-state index in [1.807, 2.05) is 20.8 Å². The number of carbonyl (C=O) groups excluding carboxylic acids is 1. The quantitative estimate of drug-likeness (QED) is 0.691. The number of fused-ring (bicyclic) bond motifs is 2. The molecule has 2 bridgehead atoms. The van der Waals surface area contributed by atoms with E-state index in [2.05, 4.69) is 10.2 Å². The van der Waals surface area contributed by atoms with Crippen molar-refractivity contribution < 1.29 is 4.79 Å². The van der Waals surface area contributed by atoms with Gasteiger partial charge in [-0.15, -0.1) is 0 Å². The fraction of sp³-hybridized carbons (Fsp3) is 0.929. The number of hydrogen-bond acceptors (Lipinski definition) is 2. The lowest BCUT2D eigenvalue weighted by Gasteiger charge is -2.53. The molecule has 4 fully saturated rings. The summed E-state index contributed by atoms with van der Waals surface area (Å²) in [5, 5.41) is 3.53. The Morgan fingerprint density at radius 3 is 2.59 bits per heavy atom. The van der Waals surface area contributed by atoms with Gasteiger partial charge in [0.1, 0.15) is 0 Å². The van der Waals surface area contributed by atoms with E-state index in [0.29, 0.717) is 11.9 Å². The molecule has 17 heavy (non-hydrogen) atoms. The van der Waals surface area contributed by atoms with Crippen molar-refractivity contribution in [3.63, 3.8) is 0 Å². The zero-order chi connectivity index (χ0) is 12.2. The van der Waals surface area contributed by atoms with Crippen LogP contribution in [-0.2, 0) is 4.79 Å². The molecule has 0 unspecified atom stereocenters. The Morgan fingerprint density at radius 1 is 1.18 bits per heavy atom. The van der Waals surface area contributed by atoms with Crippen molar-refractivity contribution in [2.75, 3.05) is 19.6 Å². The minimum atomic E-state index is -0.223. The Hall–Kier alpha value is -0.570. The lowest BCUT2D eigenvalue weighted by Crippen LogP contribution is -2.60. The molecule has 4 atom stereocenters. The van der Waals surface area contributed by atoms with Crippen molar-refractivity contribution in [2.45, 2.75) is 39.7 Å². The first-order chi connectivity index (χ1) is 7.98. The molecule has 0 aromatic rings. The minimum Gasteiger partial charge on any atom is -0.339 e. The second kappa shape index (κ2) is 3.71. The van der Waals surface area contributed by atoms with Crippen molar-refractivity contribution in [1.29, 1.82) is 0 Å². The highest BCUT2D eigenvalue weighted by Gasteiger charge is 2.51. The van der Waals surface area contributed by atoms with Gasteiger partial charge in [0.25, 0.3) is 0 Å². The van der Waals surface area contributed by atoms with Crippen LogP contribution in [0.3, 0.4) is 0 Å². The third kappa shape index (κ3) is 1.70. The second-order valence-corrected chi connectivity index (χ2v) is 7.10. The SMILES string of the molecule is CC(C)(C)C(=O)N1C[C@H]2CC[C@H]1[C@@H]1CNC[C@H]21. The van der Waals surface area contributed by atoms with E-state index in [-0.39, 0.29) is 5.41 Å². The predicted octanol–water partition coefficient (Wildman–Crippen LogP) is 1.49. The zero-order valence-corrected chi connectivity index (χ0v) is 11.2. The molecule has 1 amide bonds. The first-order valence-electron chi connectivity index (χ1n) is 7.00. The lowest BCUT2D eigenvalue weighted by molar-refractivity contribution is -0.152. The summed E-state index contributed by atoms with van der Waals surface area (Å²) < 4.78 is 0. The maximum atomic E-state index is 12.5. The topological polar surface area (TPSA) is 32.3 Å². The summed E-state index contributed by atoms with van der Waals surface area (Å²) in [5.41, 5.74) is -0.223. The number of hydrogen-bond donors (Lipinski definition) is 1. The molecule has 3 saturated heterocycles. The third-order valence-corrected chi connectivity index (χ3v) is 4.98. The fourth-order valence-electron chi connectivity index (χ4n) is 4.14. The molecule has 3 nitrogen and oxygen atoms in total. The summed E-state index contributed by atoms with van der Waals surface area (Å²) in [6.07, 6.45) is 2.57. The van der Waals surface area contributed by atoms with Gasteiger partial charge < -0.3 is 10.2 Å². The number of nitrogens with one attached hydrogen (secondary N) is 1. The van der Waals surface area contributed by atoms with Gasteiger partial charge in [-0.05, 0) is 37.1 Å². The summed E-state index contributed by atoms with van der Waals surface area (Å²) in [5.74, 6) is 2.69. The van der Waals surface area contributed by atoms with E-state index in [1.54, 1.807) is 0 Å². The van der Waals surface area contributed by atoms with E-state index in [0.717, 1.165) is 30.8 Å². The van der Waals surface area contributed by atoms with Crippen LogP contribution in [0.5, 0.6) is 0 Å². The molecule has 4 aliphatic rings. The van der Waals surface area contributed by atoms with Gasteiger partial charge in [0, 0.05) is 24.5 Å². The van der Waals surface area contributed by atoms with Crippen molar-refractivity contribution >= 4 is 5.91 Å². The molecule has 0 aromatic heterocycles. The van der Waals surface area contributed by atoms with Gasteiger partial charge in [-0.25, -0.2) is 0 Å². The average Bonchev–Trinajstić information content (AvgIpc) is 2.77. The highest BCUT2D eigenvalue weighted by molar-refractivity contribution is 5.82. The molecule has 1 N–H and O–H groups in total. The number of rotatable bonds is 0. The fourth-order valence-corrected chi connectivity index (χ4v) is 4.14. The molecule has 1 saturated carbocycles. The number of piperidine rings is 2. The van der Waals surface area contributed by atoms with Crippen LogP contribution in [0, 0.1) is 23.2 Å². The van der Waals surface area contributed by atoms with Gasteiger partial charge in [0.15, 0.2) is 0 Å². The largest absolute Gasteiger partial charge is 0.339 e. The van der Waals surface area contributed by atoms with Gasteiger partial charge in [-0.3, -0.25) is 4.79 Å². The van der Waals surface area contributed by atoms with Crippen LogP contribution >= 0.6 is 0 Å². The van der Waals surface area contributed by atoms with Gasteiger partial charge in [-0.2, -0.15) is 0 Å².